The monoisotopic (exact) mass is 395 g/mol. The molecule has 9 nitrogen and oxygen atoms in total. The molecular formula is C20H29N9. The van der Waals surface area contributed by atoms with Crippen LogP contribution < -0.4 is 5.32 Å². The van der Waals surface area contributed by atoms with E-state index in [9.17, 15) is 0 Å². The molecule has 3 rings (SSSR count). The van der Waals surface area contributed by atoms with Crippen LogP contribution in [0.15, 0.2) is 57.5 Å². The van der Waals surface area contributed by atoms with E-state index in [1.54, 1.807) is 0 Å². The molecule has 2 heterocycles. The predicted octanol–water partition coefficient (Wildman–Crippen LogP) is 3.53. The first-order valence-electron chi connectivity index (χ1n) is 10.2. The topological polar surface area (TPSA) is 116 Å². The summed E-state index contributed by atoms with van der Waals surface area (Å²) in [6.07, 6.45) is 12.4. The van der Waals surface area contributed by atoms with E-state index < -0.39 is 0 Å². The van der Waals surface area contributed by atoms with Gasteiger partial charge in [-0.05, 0) is 35.6 Å². The molecule has 29 heavy (non-hydrogen) atoms. The maximum atomic E-state index is 8.58. The third kappa shape index (κ3) is 6.14. The van der Waals surface area contributed by atoms with Crippen LogP contribution in [0.4, 0.5) is 0 Å². The maximum Gasteiger partial charge on any atom is 0.0415 e. The van der Waals surface area contributed by atoms with E-state index >= 15 is 0 Å². The minimum atomic E-state index is -0.0209. The quantitative estimate of drug-likeness (QED) is 0.385. The highest BCUT2D eigenvalue weighted by Crippen LogP contribution is 2.26. The van der Waals surface area contributed by atoms with Gasteiger partial charge in [0.25, 0.3) is 0 Å². The SMILES string of the molecule is CC1=CC(C2C=CC(CN3CCN(C(CN=[N+]=[N-])CN=[N+]=[N-])CC3)=CC2)=CNC1. The first-order chi connectivity index (χ1) is 14.2. The second-order valence-electron chi connectivity index (χ2n) is 7.79. The van der Waals surface area contributed by atoms with Crippen LogP contribution in [0.3, 0.4) is 0 Å². The summed E-state index contributed by atoms with van der Waals surface area (Å²) >= 11 is 0. The van der Waals surface area contributed by atoms with E-state index in [-0.39, 0.29) is 6.04 Å². The highest BCUT2D eigenvalue weighted by molar-refractivity contribution is 5.36. The van der Waals surface area contributed by atoms with Crippen molar-refractivity contribution in [3.63, 3.8) is 0 Å². The minimum Gasteiger partial charge on any atom is -0.387 e. The van der Waals surface area contributed by atoms with Crippen molar-refractivity contribution < 1.29 is 0 Å². The molecule has 3 aliphatic rings. The molecule has 1 N–H and O–H groups in total. The molecule has 0 saturated carbocycles. The normalized spacial score (nSPS) is 23.6. The van der Waals surface area contributed by atoms with Gasteiger partial charge in [0.2, 0.25) is 0 Å². The third-order valence-corrected chi connectivity index (χ3v) is 5.71. The number of hydrogen-bond acceptors (Lipinski definition) is 5. The molecule has 0 aromatic rings. The predicted molar refractivity (Wildman–Crippen MR) is 115 cm³/mol. The molecule has 9 heteroatoms. The number of dihydropyridines is 1. The van der Waals surface area contributed by atoms with Crippen molar-refractivity contribution >= 4 is 0 Å². The fourth-order valence-corrected chi connectivity index (χ4v) is 4.05. The lowest BCUT2D eigenvalue weighted by molar-refractivity contribution is 0.108. The summed E-state index contributed by atoms with van der Waals surface area (Å²) in [5.41, 5.74) is 21.3. The Kier molecular flexibility index (Phi) is 7.78. The summed E-state index contributed by atoms with van der Waals surface area (Å²) in [5.74, 6) is 0.459. The van der Waals surface area contributed by atoms with Gasteiger partial charge in [-0.3, -0.25) is 9.80 Å². The van der Waals surface area contributed by atoms with Crippen molar-refractivity contribution in [1.82, 2.24) is 15.1 Å². The Bertz CT molecular complexity index is 769. The largest absolute Gasteiger partial charge is 0.387 e. The Hall–Kier alpha value is -2.70. The van der Waals surface area contributed by atoms with E-state index in [4.69, 9.17) is 11.1 Å². The van der Waals surface area contributed by atoms with Gasteiger partial charge in [-0.1, -0.05) is 40.1 Å². The number of allylic oxidation sites excluding steroid dienone is 4. The van der Waals surface area contributed by atoms with E-state index in [0.29, 0.717) is 19.0 Å². The van der Waals surface area contributed by atoms with Crippen molar-refractivity contribution in [1.29, 1.82) is 0 Å². The van der Waals surface area contributed by atoms with Crippen molar-refractivity contribution in [2.75, 3.05) is 52.4 Å². The third-order valence-electron chi connectivity index (χ3n) is 5.71. The second kappa shape index (κ2) is 10.7. The van der Waals surface area contributed by atoms with E-state index in [0.717, 1.165) is 45.7 Å². The van der Waals surface area contributed by atoms with Gasteiger partial charge in [0.1, 0.15) is 0 Å². The molecule has 0 radical (unpaired) electrons. The zero-order chi connectivity index (χ0) is 20.5. The molecule has 0 aromatic heterocycles. The summed E-state index contributed by atoms with van der Waals surface area (Å²) in [5, 5.41) is 10.7. The van der Waals surface area contributed by atoms with Crippen LogP contribution >= 0.6 is 0 Å². The molecule has 1 unspecified atom stereocenters. The van der Waals surface area contributed by atoms with Gasteiger partial charge >= 0.3 is 0 Å². The molecule has 2 aliphatic heterocycles. The smallest absolute Gasteiger partial charge is 0.0415 e. The molecule has 0 bridgehead atoms. The molecule has 0 amide bonds. The molecule has 154 valence electrons. The highest BCUT2D eigenvalue weighted by Gasteiger charge is 2.24. The zero-order valence-corrected chi connectivity index (χ0v) is 17.0. The lowest BCUT2D eigenvalue weighted by Crippen LogP contribution is -2.52. The summed E-state index contributed by atoms with van der Waals surface area (Å²) in [4.78, 5) is 10.4. The number of nitrogens with one attached hydrogen (secondary N) is 1. The van der Waals surface area contributed by atoms with E-state index in [1.165, 1.54) is 16.7 Å². The number of rotatable bonds is 8. The van der Waals surface area contributed by atoms with Crippen LogP contribution in [0.2, 0.25) is 0 Å². The van der Waals surface area contributed by atoms with Gasteiger partial charge in [-0.25, -0.2) is 0 Å². The van der Waals surface area contributed by atoms with Gasteiger partial charge in [-0.15, -0.1) is 0 Å². The summed E-state index contributed by atoms with van der Waals surface area (Å²) in [6, 6.07) is -0.0209. The molecule has 1 fully saturated rings. The van der Waals surface area contributed by atoms with Gasteiger partial charge < -0.3 is 5.32 Å². The second-order valence-corrected chi connectivity index (χ2v) is 7.79. The average molecular weight is 396 g/mol. The molecule has 1 saturated heterocycles. The Morgan fingerprint density at radius 2 is 1.90 bits per heavy atom. The lowest BCUT2D eigenvalue weighted by Gasteiger charge is -2.38. The number of nitrogens with zero attached hydrogens (tertiary/aromatic N) is 8. The van der Waals surface area contributed by atoms with Crippen molar-refractivity contribution in [2.24, 2.45) is 16.1 Å². The first-order valence-corrected chi connectivity index (χ1v) is 10.2. The maximum absolute atomic E-state index is 8.58. The number of piperazine rings is 1. The number of azide groups is 2. The van der Waals surface area contributed by atoms with E-state index in [1.807, 2.05) is 0 Å². The first kappa shape index (κ1) is 21.0. The molecular weight excluding hydrogens is 366 g/mol. The summed E-state index contributed by atoms with van der Waals surface area (Å²) in [6.45, 7) is 8.41. The molecule has 1 atom stereocenters. The van der Waals surface area contributed by atoms with Crippen LogP contribution in [0.25, 0.3) is 20.9 Å². The lowest BCUT2D eigenvalue weighted by atomic mass is 9.88. The van der Waals surface area contributed by atoms with Gasteiger partial charge in [0.15, 0.2) is 0 Å². The van der Waals surface area contributed by atoms with Gasteiger partial charge in [0, 0.05) is 80.3 Å². The van der Waals surface area contributed by atoms with Gasteiger partial charge in [0.05, 0.1) is 0 Å². The van der Waals surface area contributed by atoms with Crippen LogP contribution in [-0.4, -0.2) is 68.2 Å². The molecule has 0 spiro atoms. The van der Waals surface area contributed by atoms with Crippen LogP contribution in [0, 0.1) is 5.92 Å². The van der Waals surface area contributed by atoms with Crippen LogP contribution in [0.5, 0.6) is 0 Å². The average Bonchev–Trinajstić information content (AvgIpc) is 2.75. The van der Waals surface area contributed by atoms with Crippen molar-refractivity contribution in [3.8, 4) is 0 Å². The Labute approximate surface area is 171 Å². The number of hydrogen-bond donors (Lipinski definition) is 1. The Balaban J connectivity index is 1.47. The minimum absolute atomic E-state index is 0.0209. The van der Waals surface area contributed by atoms with E-state index in [2.05, 4.69) is 72.6 Å². The summed E-state index contributed by atoms with van der Waals surface area (Å²) < 4.78 is 0. The van der Waals surface area contributed by atoms with Crippen LogP contribution in [-0.2, 0) is 0 Å². The fraction of sp³-hybridized carbons (Fsp3) is 0.600. The Morgan fingerprint density at radius 3 is 2.48 bits per heavy atom. The van der Waals surface area contributed by atoms with Gasteiger partial charge in [-0.2, -0.15) is 0 Å². The fourth-order valence-electron chi connectivity index (χ4n) is 4.05. The molecule has 1 aliphatic carbocycles. The van der Waals surface area contributed by atoms with Crippen LogP contribution in [0.1, 0.15) is 13.3 Å². The molecule has 0 aromatic carbocycles. The van der Waals surface area contributed by atoms with Crippen molar-refractivity contribution in [3.05, 3.63) is 68.1 Å². The van der Waals surface area contributed by atoms with Crippen molar-refractivity contribution in [2.45, 2.75) is 19.4 Å². The Morgan fingerprint density at radius 1 is 1.17 bits per heavy atom. The standard InChI is InChI=1S/C20H29N9/c1-16-10-19(12-23-11-16)18-4-2-17(3-5-18)15-28-6-8-29(9-7-28)20(13-24-26-21)14-25-27-22/h2-4,10,12,18,20,23H,5-9,11,13-15H2,1H3. The summed E-state index contributed by atoms with van der Waals surface area (Å²) in [7, 11) is 0. The highest BCUT2D eigenvalue weighted by atomic mass is 15.3. The zero-order valence-electron chi connectivity index (χ0n) is 17.0.